The van der Waals surface area contributed by atoms with Gasteiger partial charge in [0, 0.05) is 31.9 Å². The molecule has 0 radical (unpaired) electrons. The van der Waals surface area contributed by atoms with E-state index in [9.17, 15) is 14.7 Å². The van der Waals surface area contributed by atoms with Gasteiger partial charge in [0.25, 0.3) is 5.91 Å². The minimum atomic E-state index is -0.378. The third-order valence-electron chi connectivity index (χ3n) is 7.53. The molecule has 0 spiro atoms. The van der Waals surface area contributed by atoms with Crippen molar-refractivity contribution >= 4 is 11.8 Å². The monoisotopic (exact) mass is 549 g/mol. The van der Waals surface area contributed by atoms with Crippen LogP contribution in [0.3, 0.4) is 0 Å². The van der Waals surface area contributed by atoms with Crippen LogP contribution >= 0.6 is 0 Å². The topological polar surface area (TPSA) is 101 Å². The molecule has 2 N–H and O–H groups in total. The molecule has 4 aromatic rings. The van der Waals surface area contributed by atoms with Gasteiger partial charge in [-0.15, -0.1) is 0 Å². The Morgan fingerprint density at radius 3 is 2.66 bits per heavy atom. The van der Waals surface area contributed by atoms with Crippen LogP contribution in [-0.4, -0.2) is 46.5 Å². The van der Waals surface area contributed by atoms with E-state index in [1.807, 2.05) is 59.5 Å². The van der Waals surface area contributed by atoms with Crippen LogP contribution in [0.2, 0.25) is 0 Å². The summed E-state index contributed by atoms with van der Waals surface area (Å²) in [6, 6.07) is 22.1. The molecule has 1 atom stereocenters. The Labute approximate surface area is 238 Å². The molecule has 0 fully saturated rings. The van der Waals surface area contributed by atoms with E-state index in [4.69, 9.17) is 9.47 Å². The number of hydrogen-bond donors (Lipinski definition) is 2. The highest BCUT2D eigenvalue weighted by molar-refractivity contribution is 5.97. The maximum Gasteiger partial charge on any atom is 0.255 e. The van der Waals surface area contributed by atoms with Gasteiger partial charge in [0.05, 0.1) is 18.2 Å². The van der Waals surface area contributed by atoms with Crippen molar-refractivity contribution < 1.29 is 24.2 Å². The number of nitrogens with zero attached hydrogens (tertiary/aromatic N) is 2. The second-order valence-electron chi connectivity index (χ2n) is 10.3. The number of carbonyl (C=O) groups is 2. The number of phenols is 1. The number of benzene rings is 3. The molecule has 4 aliphatic heterocycles. The summed E-state index contributed by atoms with van der Waals surface area (Å²) in [5, 5.41) is 13.1. The van der Waals surface area contributed by atoms with Crippen molar-refractivity contribution in [3.63, 3.8) is 0 Å². The Hall–Kier alpha value is -4.85. The van der Waals surface area contributed by atoms with Gasteiger partial charge >= 0.3 is 0 Å². The molecule has 1 unspecified atom stereocenters. The maximum atomic E-state index is 13.6. The number of phenolic OH excluding ortho intramolecular Hbond substituents is 1. The van der Waals surface area contributed by atoms with Gasteiger partial charge in [-0.3, -0.25) is 14.6 Å². The van der Waals surface area contributed by atoms with Crippen molar-refractivity contribution in [2.24, 2.45) is 0 Å². The second kappa shape index (κ2) is 11.7. The highest BCUT2D eigenvalue weighted by Gasteiger charge is 2.32. The summed E-state index contributed by atoms with van der Waals surface area (Å²) in [4.78, 5) is 32.5. The second-order valence-corrected chi connectivity index (χ2v) is 10.3. The Balaban J connectivity index is 1.34. The standard InChI is InChI=1S/C33H31N3O5/c37-30-12-10-27-20-29(30)33(39)35-16-2-18-40-25-7-5-23(6-8-25)32-28-11-9-26(41-27)19-24(28)14-17-36(32)31(38)13-4-22-3-1-15-34-21-22/h1,3,5-12,15,19-21,32,37H,2,4,13-14,16-18H2,(H,35,39). The van der Waals surface area contributed by atoms with Crippen molar-refractivity contribution in [1.82, 2.24) is 15.2 Å². The van der Waals surface area contributed by atoms with Gasteiger partial charge in [-0.05, 0) is 90.0 Å². The molecule has 0 saturated heterocycles. The van der Waals surface area contributed by atoms with E-state index in [2.05, 4.69) is 10.3 Å². The van der Waals surface area contributed by atoms with Crippen LogP contribution < -0.4 is 14.8 Å². The van der Waals surface area contributed by atoms with Crippen molar-refractivity contribution in [3.05, 3.63) is 113 Å². The van der Waals surface area contributed by atoms with E-state index in [0.29, 0.717) is 56.9 Å². The zero-order valence-corrected chi connectivity index (χ0v) is 22.6. The van der Waals surface area contributed by atoms with E-state index >= 15 is 0 Å². The molecule has 5 heterocycles. The Bertz CT molecular complexity index is 1560. The number of ether oxygens (including phenoxy) is 2. The number of carbonyl (C=O) groups excluding carboxylic acids is 2. The van der Waals surface area contributed by atoms with Gasteiger partial charge in [-0.25, -0.2) is 0 Å². The smallest absolute Gasteiger partial charge is 0.255 e. The lowest BCUT2D eigenvalue weighted by Crippen LogP contribution is -2.40. The summed E-state index contributed by atoms with van der Waals surface area (Å²) in [6.07, 6.45) is 5.86. The molecule has 3 aromatic carbocycles. The zero-order valence-electron chi connectivity index (χ0n) is 22.6. The molecule has 208 valence electrons. The summed E-state index contributed by atoms with van der Waals surface area (Å²) >= 11 is 0. The first-order valence-corrected chi connectivity index (χ1v) is 13.9. The summed E-state index contributed by atoms with van der Waals surface area (Å²) in [6.45, 7) is 1.39. The summed E-state index contributed by atoms with van der Waals surface area (Å²) in [5.41, 5.74) is 4.34. The Morgan fingerprint density at radius 2 is 1.83 bits per heavy atom. The Morgan fingerprint density at radius 1 is 1.02 bits per heavy atom. The van der Waals surface area contributed by atoms with Crippen LogP contribution in [0.25, 0.3) is 0 Å². The van der Waals surface area contributed by atoms with Crippen molar-refractivity contribution in [3.8, 4) is 23.0 Å². The normalized spacial score (nSPS) is 16.5. The number of pyridine rings is 1. The van der Waals surface area contributed by atoms with Crippen LogP contribution in [0.1, 0.15) is 51.5 Å². The first-order chi connectivity index (χ1) is 20.0. The molecule has 4 aliphatic rings. The Kier molecular flexibility index (Phi) is 7.54. The predicted octanol–water partition coefficient (Wildman–Crippen LogP) is 5.20. The molecule has 41 heavy (non-hydrogen) atoms. The molecule has 8 bridgehead atoms. The van der Waals surface area contributed by atoms with Crippen LogP contribution in [0, 0.1) is 0 Å². The first-order valence-electron chi connectivity index (χ1n) is 13.9. The summed E-state index contributed by atoms with van der Waals surface area (Å²) in [5.74, 6) is 1.40. The third-order valence-corrected chi connectivity index (χ3v) is 7.53. The number of fused-ring (bicyclic) bond motifs is 1. The van der Waals surface area contributed by atoms with Crippen molar-refractivity contribution in [1.29, 1.82) is 0 Å². The largest absolute Gasteiger partial charge is 0.507 e. The van der Waals surface area contributed by atoms with E-state index in [1.54, 1.807) is 24.5 Å². The minimum Gasteiger partial charge on any atom is -0.507 e. The molecule has 0 aliphatic carbocycles. The zero-order chi connectivity index (χ0) is 28.2. The summed E-state index contributed by atoms with van der Waals surface area (Å²) < 4.78 is 12.0. The van der Waals surface area contributed by atoms with Crippen LogP contribution in [0.5, 0.6) is 23.0 Å². The fraction of sp³-hybridized carbons (Fsp3) is 0.242. The van der Waals surface area contributed by atoms with Crippen molar-refractivity contribution in [2.45, 2.75) is 31.7 Å². The molecule has 1 aromatic heterocycles. The number of aromatic nitrogens is 1. The number of hydrogen-bond acceptors (Lipinski definition) is 6. The average molecular weight is 550 g/mol. The number of rotatable bonds is 3. The van der Waals surface area contributed by atoms with Crippen LogP contribution in [0.15, 0.2) is 85.2 Å². The molecular formula is C33H31N3O5. The molecular weight excluding hydrogens is 518 g/mol. The van der Waals surface area contributed by atoms with Gasteiger partial charge in [-0.1, -0.05) is 24.3 Å². The predicted molar refractivity (Wildman–Crippen MR) is 153 cm³/mol. The van der Waals surface area contributed by atoms with E-state index in [-0.39, 0.29) is 29.2 Å². The highest BCUT2D eigenvalue weighted by atomic mass is 16.5. The van der Waals surface area contributed by atoms with Gasteiger partial charge in [0.15, 0.2) is 0 Å². The fourth-order valence-electron chi connectivity index (χ4n) is 5.44. The van der Waals surface area contributed by atoms with Crippen LogP contribution in [0.4, 0.5) is 0 Å². The minimum absolute atomic E-state index is 0.0948. The lowest BCUT2D eigenvalue weighted by molar-refractivity contribution is -0.133. The van der Waals surface area contributed by atoms with Gasteiger partial charge < -0.3 is 24.8 Å². The van der Waals surface area contributed by atoms with Gasteiger partial charge in [0.2, 0.25) is 5.91 Å². The molecule has 8 rings (SSSR count). The average Bonchev–Trinajstić information content (AvgIpc) is 3.00. The summed E-state index contributed by atoms with van der Waals surface area (Å²) in [7, 11) is 0. The quantitative estimate of drug-likeness (QED) is 0.364. The first kappa shape index (κ1) is 26.4. The number of aromatic hydroxyl groups is 1. The van der Waals surface area contributed by atoms with Gasteiger partial charge in [0.1, 0.15) is 23.0 Å². The maximum absolute atomic E-state index is 13.6. The lowest BCUT2D eigenvalue weighted by atomic mass is 9.87. The van der Waals surface area contributed by atoms with E-state index in [0.717, 1.165) is 28.0 Å². The van der Waals surface area contributed by atoms with Crippen molar-refractivity contribution in [2.75, 3.05) is 19.7 Å². The molecule has 8 nitrogen and oxygen atoms in total. The SMILES string of the molecule is O=C1NCCCOc2ccc(cc2)C2c3ccc(cc3CCN2C(=O)CCc2cccnc2)Oc2ccc(O)c1c2. The lowest BCUT2D eigenvalue weighted by Gasteiger charge is -2.38. The number of nitrogens with one attached hydrogen (secondary N) is 1. The molecule has 2 amide bonds. The third kappa shape index (κ3) is 5.87. The van der Waals surface area contributed by atoms with Crippen LogP contribution in [-0.2, 0) is 17.6 Å². The number of aryl methyl sites for hydroxylation is 1. The van der Waals surface area contributed by atoms with Gasteiger partial charge in [-0.2, -0.15) is 0 Å². The van der Waals surface area contributed by atoms with E-state index < -0.39 is 0 Å². The molecule has 0 saturated carbocycles. The number of amides is 2. The molecule has 8 heteroatoms. The highest BCUT2D eigenvalue weighted by Crippen LogP contribution is 2.39. The van der Waals surface area contributed by atoms with E-state index in [1.165, 1.54) is 6.07 Å². The fourth-order valence-corrected chi connectivity index (χ4v) is 5.44.